The summed E-state index contributed by atoms with van der Waals surface area (Å²) in [7, 11) is -2.14. The fourth-order valence-electron chi connectivity index (χ4n) is 2.57. The Kier molecular flexibility index (Phi) is 5.66. The molecule has 0 atom stereocenters. The SMILES string of the molecule is COc1ccc(NS(=O)(=O)c2cccc(COc3ccccc3)c2)c(C)c1. The third-order valence-electron chi connectivity index (χ3n) is 4.04. The quantitative estimate of drug-likeness (QED) is 0.657. The van der Waals surface area contributed by atoms with Gasteiger partial charge in [-0.3, -0.25) is 4.72 Å². The smallest absolute Gasteiger partial charge is 0.261 e. The van der Waals surface area contributed by atoms with Gasteiger partial charge in [-0.1, -0.05) is 30.3 Å². The number of ether oxygens (including phenoxy) is 2. The summed E-state index contributed by atoms with van der Waals surface area (Å²) in [5.41, 5.74) is 2.07. The van der Waals surface area contributed by atoms with E-state index in [2.05, 4.69) is 4.72 Å². The number of hydrogen-bond donors (Lipinski definition) is 1. The van der Waals surface area contributed by atoms with Gasteiger partial charge in [-0.05, 0) is 60.5 Å². The summed E-state index contributed by atoms with van der Waals surface area (Å²) in [4.78, 5) is 0.187. The molecule has 6 heteroatoms. The number of nitrogens with one attached hydrogen (secondary N) is 1. The number of anilines is 1. The number of methoxy groups -OCH3 is 1. The summed E-state index contributed by atoms with van der Waals surface area (Å²) in [6, 6.07) is 21.3. The summed E-state index contributed by atoms with van der Waals surface area (Å²) < 4.78 is 39.0. The third kappa shape index (κ3) is 4.80. The largest absolute Gasteiger partial charge is 0.497 e. The Balaban J connectivity index is 1.76. The van der Waals surface area contributed by atoms with Crippen LogP contribution in [0.1, 0.15) is 11.1 Å². The molecule has 0 spiro atoms. The first-order chi connectivity index (χ1) is 13.0. The zero-order valence-corrected chi connectivity index (χ0v) is 16.0. The van der Waals surface area contributed by atoms with Gasteiger partial charge in [0, 0.05) is 0 Å². The van der Waals surface area contributed by atoms with Gasteiger partial charge >= 0.3 is 0 Å². The number of rotatable bonds is 7. The van der Waals surface area contributed by atoms with E-state index in [1.165, 1.54) is 0 Å². The first kappa shape index (κ1) is 18.8. The zero-order valence-electron chi connectivity index (χ0n) is 15.2. The van der Waals surface area contributed by atoms with E-state index < -0.39 is 10.0 Å². The van der Waals surface area contributed by atoms with Crippen molar-refractivity contribution in [3.8, 4) is 11.5 Å². The molecule has 140 valence electrons. The monoisotopic (exact) mass is 383 g/mol. The van der Waals surface area contributed by atoms with Crippen LogP contribution in [0.5, 0.6) is 11.5 Å². The molecule has 3 aromatic rings. The van der Waals surface area contributed by atoms with E-state index in [9.17, 15) is 8.42 Å². The second-order valence-electron chi connectivity index (χ2n) is 6.04. The predicted octanol–water partition coefficient (Wildman–Crippen LogP) is 4.38. The fraction of sp³-hybridized carbons (Fsp3) is 0.143. The third-order valence-corrected chi connectivity index (χ3v) is 5.40. The van der Waals surface area contributed by atoms with Crippen molar-refractivity contribution in [1.82, 2.24) is 0 Å². The van der Waals surface area contributed by atoms with Crippen molar-refractivity contribution in [2.45, 2.75) is 18.4 Å². The number of benzene rings is 3. The van der Waals surface area contributed by atoms with Gasteiger partial charge in [0.25, 0.3) is 10.0 Å². The van der Waals surface area contributed by atoms with Crippen LogP contribution < -0.4 is 14.2 Å². The summed E-state index contributed by atoms with van der Waals surface area (Å²) in [5, 5.41) is 0. The highest BCUT2D eigenvalue weighted by Gasteiger charge is 2.16. The van der Waals surface area contributed by atoms with Crippen LogP contribution in [0.2, 0.25) is 0 Å². The highest BCUT2D eigenvalue weighted by molar-refractivity contribution is 7.92. The second kappa shape index (κ2) is 8.14. The van der Waals surface area contributed by atoms with Crippen LogP contribution in [-0.2, 0) is 16.6 Å². The summed E-state index contributed by atoms with van der Waals surface area (Å²) in [6.45, 7) is 2.11. The molecule has 0 radical (unpaired) electrons. The first-order valence-corrected chi connectivity index (χ1v) is 9.90. The molecular weight excluding hydrogens is 362 g/mol. The minimum absolute atomic E-state index is 0.187. The van der Waals surface area contributed by atoms with Gasteiger partial charge < -0.3 is 9.47 Å². The topological polar surface area (TPSA) is 64.6 Å². The summed E-state index contributed by atoms with van der Waals surface area (Å²) >= 11 is 0. The maximum absolute atomic E-state index is 12.8. The van der Waals surface area contributed by atoms with Crippen LogP contribution in [-0.4, -0.2) is 15.5 Å². The Morgan fingerprint density at radius 3 is 2.37 bits per heavy atom. The Hall–Kier alpha value is -2.99. The van der Waals surface area contributed by atoms with Crippen LogP contribution in [0.3, 0.4) is 0 Å². The van der Waals surface area contributed by atoms with Crippen molar-refractivity contribution < 1.29 is 17.9 Å². The maximum atomic E-state index is 12.8. The van der Waals surface area contributed by atoms with Crippen LogP contribution in [0.25, 0.3) is 0 Å². The van der Waals surface area contributed by atoms with Crippen LogP contribution in [0, 0.1) is 6.92 Å². The molecule has 0 aliphatic rings. The Morgan fingerprint density at radius 2 is 1.67 bits per heavy atom. The average molecular weight is 383 g/mol. The van der Waals surface area contributed by atoms with Crippen molar-refractivity contribution in [2.24, 2.45) is 0 Å². The van der Waals surface area contributed by atoms with Gasteiger partial charge in [-0.2, -0.15) is 0 Å². The maximum Gasteiger partial charge on any atom is 0.261 e. The Labute approximate surface area is 159 Å². The molecule has 0 unspecified atom stereocenters. The molecule has 5 nitrogen and oxygen atoms in total. The zero-order chi connectivity index (χ0) is 19.3. The molecule has 0 amide bonds. The lowest BCUT2D eigenvalue weighted by atomic mass is 10.2. The van der Waals surface area contributed by atoms with E-state index in [4.69, 9.17) is 9.47 Å². The number of hydrogen-bond acceptors (Lipinski definition) is 4. The lowest BCUT2D eigenvalue weighted by Crippen LogP contribution is -2.14. The molecular formula is C21H21NO4S. The highest BCUT2D eigenvalue weighted by atomic mass is 32.2. The molecule has 0 aliphatic heterocycles. The van der Waals surface area contributed by atoms with Gasteiger partial charge in [0.15, 0.2) is 0 Å². The first-order valence-electron chi connectivity index (χ1n) is 8.42. The van der Waals surface area contributed by atoms with E-state index in [1.54, 1.807) is 43.5 Å². The van der Waals surface area contributed by atoms with E-state index >= 15 is 0 Å². The molecule has 0 heterocycles. The second-order valence-corrected chi connectivity index (χ2v) is 7.72. The van der Waals surface area contributed by atoms with Crippen LogP contribution in [0.15, 0.2) is 77.7 Å². The molecule has 1 N–H and O–H groups in total. The van der Waals surface area contributed by atoms with Crippen molar-refractivity contribution in [2.75, 3.05) is 11.8 Å². The highest BCUT2D eigenvalue weighted by Crippen LogP contribution is 2.24. The van der Waals surface area contributed by atoms with E-state index in [0.717, 1.165) is 16.9 Å². The average Bonchev–Trinajstić information content (AvgIpc) is 2.69. The van der Waals surface area contributed by atoms with E-state index in [0.29, 0.717) is 11.4 Å². The van der Waals surface area contributed by atoms with Crippen LogP contribution in [0.4, 0.5) is 5.69 Å². The normalized spacial score (nSPS) is 11.0. The van der Waals surface area contributed by atoms with E-state index in [1.807, 2.05) is 43.3 Å². The number of aryl methyl sites for hydroxylation is 1. The fourth-order valence-corrected chi connectivity index (χ4v) is 3.77. The van der Waals surface area contributed by atoms with Gasteiger partial charge in [0.05, 0.1) is 17.7 Å². The van der Waals surface area contributed by atoms with Gasteiger partial charge in [-0.25, -0.2) is 8.42 Å². The van der Waals surface area contributed by atoms with Crippen molar-refractivity contribution in [1.29, 1.82) is 0 Å². The van der Waals surface area contributed by atoms with Gasteiger partial charge in [0.1, 0.15) is 18.1 Å². The Morgan fingerprint density at radius 1 is 0.889 bits per heavy atom. The van der Waals surface area contributed by atoms with Gasteiger partial charge in [0.2, 0.25) is 0 Å². The molecule has 3 aromatic carbocycles. The molecule has 0 aromatic heterocycles. The van der Waals surface area contributed by atoms with Crippen LogP contribution >= 0.6 is 0 Å². The molecule has 0 bridgehead atoms. The van der Waals surface area contributed by atoms with E-state index in [-0.39, 0.29) is 11.5 Å². The minimum Gasteiger partial charge on any atom is -0.497 e. The molecule has 27 heavy (non-hydrogen) atoms. The van der Waals surface area contributed by atoms with Gasteiger partial charge in [-0.15, -0.1) is 0 Å². The minimum atomic E-state index is -3.71. The molecule has 0 saturated carbocycles. The summed E-state index contributed by atoms with van der Waals surface area (Å²) in [5.74, 6) is 1.41. The molecule has 0 aliphatic carbocycles. The predicted molar refractivity (Wildman–Crippen MR) is 106 cm³/mol. The number of sulfonamides is 1. The molecule has 0 saturated heterocycles. The van der Waals surface area contributed by atoms with Crippen molar-refractivity contribution in [3.63, 3.8) is 0 Å². The van der Waals surface area contributed by atoms with Crippen molar-refractivity contribution in [3.05, 3.63) is 83.9 Å². The standard InChI is InChI=1S/C21H21NO4S/c1-16-13-19(25-2)11-12-21(16)22-27(23,24)20-10-6-7-17(14-20)15-26-18-8-4-3-5-9-18/h3-14,22H,15H2,1-2H3. The lowest BCUT2D eigenvalue weighted by molar-refractivity contribution is 0.306. The molecule has 3 rings (SSSR count). The molecule has 0 fully saturated rings. The number of para-hydroxylation sites is 1. The summed E-state index contributed by atoms with van der Waals surface area (Å²) in [6.07, 6.45) is 0. The lowest BCUT2D eigenvalue weighted by Gasteiger charge is -2.13. The Bertz CT molecular complexity index is 1020. The van der Waals surface area contributed by atoms with Crippen molar-refractivity contribution >= 4 is 15.7 Å².